The predicted molar refractivity (Wildman–Crippen MR) is 98.2 cm³/mol. The molecule has 0 saturated carbocycles. The zero-order chi connectivity index (χ0) is 17.0. The molecule has 0 aliphatic rings. The van der Waals surface area contributed by atoms with Gasteiger partial charge >= 0.3 is 0 Å². The summed E-state index contributed by atoms with van der Waals surface area (Å²) in [5.41, 5.74) is 2.57. The number of nitrogens with one attached hydrogen (secondary N) is 1. The Kier molecular flexibility index (Phi) is 4.53. The van der Waals surface area contributed by atoms with E-state index in [-0.39, 0.29) is 4.90 Å². The normalized spacial score (nSPS) is 11.0. The second kappa shape index (κ2) is 6.76. The van der Waals surface area contributed by atoms with E-state index in [1.165, 1.54) is 0 Å². The molecule has 0 saturated heterocycles. The van der Waals surface area contributed by atoms with Gasteiger partial charge in [-0.1, -0.05) is 36.4 Å². The quantitative estimate of drug-likeness (QED) is 0.756. The van der Waals surface area contributed by atoms with E-state index in [9.17, 15) is 8.42 Å². The van der Waals surface area contributed by atoms with Gasteiger partial charge in [-0.05, 0) is 48.5 Å². The summed E-state index contributed by atoms with van der Waals surface area (Å²) in [6, 6.07) is 25.6. The first-order valence-electron chi connectivity index (χ1n) is 7.53. The SMILES string of the molecule is CN(c1ccccc1)c1ccc(NS(=O)(=O)c2ccccc2)cc1. The summed E-state index contributed by atoms with van der Waals surface area (Å²) in [6.07, 6.45) is 0. The number of benzene rings is 3. The summed E-state index contributed by atoms with van der Waals surface area (Å²) in [7, 11) is -1.59. The molecule has 0 amide bonds. The molecule has 5 heteroatoms. The second-order valence-electron chi connectivity index (χ2n) is 5.36. The third-order valence-electron chi connectivity index (χ3n) is 3.70. The minimum Gasteiger partial charge on any atom is -0.345 e. The molecular weight excluding hydrogens is 320 g/mol. The van der Waals surface area contributed by atoms with Gasteiger partial charge in [-0.2, -0.15) is 0 Å². The molecule has 3 aromatic rings. The Morgan fingerprint density at radius 2 is 1.21 bits per heavy atom. The summed E-state index contributed by atoms with van der Waals surface area (Å²) in [5.74, 6) is 0. The zero-order valence-corrected chi connectivity index (χ0v) is 14.1. The molecular formula is C19H18N2O2S. The van der Waals surface area contributed by atoms with Crippen molar-refractivity contribution in [1.29, 1.82) is 0 Å². The van der Waals surface area contributed by atoms with Crippen LogP contribution < -0.4 is 9.62 Å². The molecule has 0 fully saturated rings. The van der Waals surface area contributed by atoms with Crippen molar-refractivity contribution in [3.63, 3.8) is 0 Å². The van der Waals surface area contributed by atoms with E-state index in [1.54, 1.807) is 42.5 Å². The van der Waals surface area contributed by atoms with Crippen LogP contribution in [0.2, 0.25) is 0 Å². The van der Waals surface area contributed by atoms with E-state index in [4.69, 9.17) is 0 Å². The van der Waals surface area contributed by atoms with Crippen molar-refractivity contribution < 1.29 is 8.42 Å². The molecule has 0 aromatic heterocycles. The number of hydrogen-bond acceptors (Lipinski definition) is 3. The van der Waals surface area contributed by atoms with E-state index in [2.05, 4.69) is 4.72 Å². The van der Waals surface area contributed by atoms with Gasteiger partial charge in [0.2, 0.25) is 0 Å². The van der Waals surface area contributed by atoms with Crippen LogP contribution in [0, 0.1) is 0 Å². The molecule has 4 nitrogen and oxygen atoms in total. The van der Waals surface area contributed by atoms with Crippen LogP contribution in [0.25, 0.3) is 0 Å². The van der Waals surface area contributed by atoms with Crippen molar-refractivity contribution in [2.24, 2.45) is 0 Å². The molecule has 0 aliphatic heterocycles. The van der Waals surface area contributed by atoms with Crippen molar-refractivity contribution in [1.82, 2.24) is 0 Å². The Balaban J connectivity index is 1.78. The second-order valence-corrected chi connectivity index (χ2v) is 7.04. The predicted octanol–water partition coefficient (Wildman–Crippen LogP) is 4.26. The fourth-order valence-corrected chi connectivity index (χ4v) is 3.45. The van der Waals surface area contributed by atoms with Crippen LogP contribution in [-0.4, -0.2) is 15.5 Å². The van der Waals surface area contributed by atoms with E-state index < -0.39 is 10.0 Å². The lowest BCUT2D eigenvalue weighted by Gasteiger charge is -2.19. The van der Waals surface area contributed by atoms with E-state index in [1.807, 2.05) is 54.4 Å². The van der Waals surface area contributed by atoms with Gasteiger partial charge in [0.25, 0.3) is 10.0 Å². The fraction of sp³-hybridized carbons (Fsp3) is 0.0526. The number of hydrogen-bond donors (Lipinski definition) is 1. The van der Waals surface area contributed by atoms with Crippen LogP contribution in [0.1, 0.15) is 0 Å². The lowest BCUT2D eigenvalue weighted by atomic mass is 10.2. The molecule has 0 spiro atoms. The monoisotopic (exact) mass is 338 g/mol. The zero-order valence-electron chi connectivity index (χ0n) is 13.3. The highest BCUT2D eigenvalue weighted by Crippen LogP contribution is 2.25. The third kappa shape index (κ3) is 3.58. The molecule has 0 unspecified atom stereocenters. The van der Waals surface area contributed by atoms with Crippen LogP contribution in [0.3, 0.4) is 0 Å². The molecule has 122 valence electrons. The number of para-hydroxylation sites is 1. The first-order valence-corrected chi connectivity index (χ1v) is 9.01. The van der Waals surface area contributed by atoms with Gasteiger partial charge in [-0.25, -0.2) is 8.42 Å². The van der Waals surface area contributed by atoms with E-state index in [0.29, 0.717) is 5.69 Å². The summed E-state index contributed by atoms with van der Waals surface area (Å²) < 4.78 is 27.2. The highest BCUT2D eigenvalue weighted by molar-refractivity contribution is 7.92. The van der Waals surface area contributed by atoms with Crippen LogP contribution in [-0.2, 0) is 10.0 Å². The van der Waals surface area contributed by atoms with E-state index in [0.717, 1.165) is 11.4 Å². The van der Waals surface area contributed by atoms with Gasteiger partial charge in [0.05, 0.1) is 4.90 Å². The van der Waals surface area contributed by atoms with Crippen molar-refractivity contribution in [2.45, 2.75) is 4.90 Å². The van der Waals surface area contributed by atoms with Crippen molar-refractivity contribution in [3.8, 4) is 0 Å². The first-order chi connectivity index (χ1) is 11.6. The van der Waals surface area contributed by atoms with Gasteiger partial charge in [-0.15, -0.1) is 0 Å². The van der Waals surface area contributed by atoms with Gasteiger partial charge < -0.3 is 4.90 Å². The lowest BCUT2D eigenvalue weighted by molar-refractivity contribution is 0.601. The molecule has 24 heavy (non-hydrogen) atoms. The van der Waals surface area contributed by atoms with Gasteiger partial charge in [-0.3, -0.25) is 4.72 Å². The maximum absolute atomic E-state index is 12.3. The Morgan fingerprint density at radius 3 is 1.79 bits per heavy atom. The molecule has 0 radical (unpaired) electrons. The maximum Gasteiger partial charge on any atom is 0.261 e. The molecule has 0 atom stereocenters. The maximum atomic E-state index is 12.3. The standard InChI is InChI=1S/C19H18N2O2S/c1-21(17-8-4-2-5-9-17)18-14-12-16(13-15-18)20-24(22,23)19-10-6-3-7-11-19/h2-15,20H,1H3. The summed E-state index contributed by atoms with van der Waals surface area (Å²) in [4.78, 5) is 2.28. The number of anilines is 3. The van der Waals surface area contributed by atoms with Gasteiger partial charge in [0.15, 0.2) is 0 Å². The smallest absolute Gasteiger partial charge is 0.261 e. The molecule has 3 rings (SSSR count). The molecule has 0 bridgehead atoms. The number of nitrogens with zero attached hydrogens (tertiary/aromatic N) is 1. The summed E-state index contributed by atoms with van der Waals surface area (Å²) in [5, 5.41) is 0. The average molecular weight is 338 g/mol. The van der Waals surface area contributed by atoms with Crippen LogP contribution in [0.15, 0.2) is 89.8 Å². The molecule has 1 N–H and O–H groups in total. The molecule has 0 aliphatic carbocycles. The Labute approximate surface area is 142 Å². The van der Waals surface area contributed by atoms with Gasteiger partial charge in [0, 0.05) is 24.1 Å². The fourth-order valence-electron chi connectivity index (χ4n) is 2.37. The average Bonchev–Trinajstić information content (AvgIpc) is 2.63. The minimum absolute atomic E-state index is 0.246. The van der Waals surface area contributed by atoms with Crippen molar-refractivity contribution in [2.75, 3.05) is 16.7 Å². The lowest BCUT2D eigenvalue weighted by Crippen LogP contribution is -2.13. The third-order valence-corrected chi connectivity index (χ3v) is 5.10. The van der Waals surface area contributed by atoms with Crippen LogP contribution in [0.5, 0.6) is 0 Å². The van der Waals surface area contributed by atoms with Crippen LogP contribution in [0.4, 0.5) is 17.1 Å². The number of sulfonamides is 1. The van der Waals surface area contributed by atoms with Crippen molar-refractivity contribution in [3.05, 3.63) is 84.9 Å². The Bertz CT molecular complexity index is 893. The molecule has 0 heterocycles. The minimum atomic E-state index is -3.56. The number of rotatable bonds is 5. The Morgan fingerprint density at radius 1 is 0.708 bits per heavy atom. The largest absolute Gasteiger partial charge is 0.345 e. The highest BCUT2D eigenvalue weighted by atomic mass is 32.2. The Hall–Kier alpha value is -2.79. The van der Waals surface area contributed by atoms with Crippen LogP contribution >= 0.6 is 0 Å². The highest BCUT2D eigenvalue weighted by Gasteiger charge is 2.13. The van der Waals surface area contributed by atoms with Gasteiger partial charge in [0.1, 0.15) is 0 Å². The summed E-state index contributed by atoms with van der Waals surface area (Å²) >= 11 is 0. The topological polar surface area (TPSA) is 49.4 Å². The summed E-state index contributed by atoms with van der Waals surface area (Å²) in [6.45, 7) is 0. The van der Waals surface area contributed by atoms with E-state index >= 15 is 0 Å². The van der Waals surface area contributed by atoms with Crippen molar-refractivity contribution >= 4 is 27.1 Å². The first kappa shape index (κ1) is 16.1. The molecule has 3 aromatic carbocycles.